The van der Waals surface area contributed by atoms with E-state index in [0.29, 0.717) is 12.8 Å². The molecule has 1 aromatic carbocycles. The highest BCUT2D eigenvalue weighted by atomic mass is 16.5. The molecule has 1 aromatic rings. The van der Waals surface area contributed by atoms with Crippen molar-refractivity contribution in [2.45, 2.75) is 24.9 Å². The molecule has 102 valence electrons. The normalized spacial score (nSPS) is 21.4. The van der Waals surface area contributed by atoms with E-state index < -0.39 is 5.60 Å². The van der Waals surface area contributed by atoms with Gasteiger partial charge >= 0.3 is 0 Å². The van der Waals surface area contributed by atoms with Crippen LogP contribution in [0.4, 0.5) is 0 Å². The van der Waals surface area contributed by atoms with Gasteiger partial charge in [-0.3, -0.25) is 0 Å². The first-order valence-electron chi connectivity index (χ1n) is 6.44. The van der Waals surface area contributed by atoms with E-state index in [4.69, 9.17) is 9.47 Å². The Morgan fingerprint density at radius 1 is 1.16 bits per heavy atom. The lowest BCUT2D eigenvalue weighted by atomic mass is 9.89. The van der Waals surface area contributed by atoms with Gasteiger partial charge in [0.15, 0.2) is 11.5 Å². The number of hydrogen-bond donors (Lipinski definition) is 1. The molecule has 0 bridgehead atoms. The highest BCUT2D eigenvalue weighted by Gasteiger charge is 2.23. The van der Waals surface area contributed by atoms with Gasteiger partial charge in [-0.05, 0) is 37.0 Å². The molecule has 1 aliphatic rings. The lowest BCUT2D eigenvalue weighted by Gasteiger charge is -2.25. The molecule has 0 saturated heterocycles. The molecule has 3 nitrogen and oxygen atoms in total. The SMILES string of the molecule is COc1ccc(CCC2(O)C=CC=CC2)cc1OC. The van der Waals surface area contributed by atoms with Gasteiger partial charge in [0.25, 0.3) is 0 Å². The number of aliphatic hydroxyl groups is 1. The van der Waals surface area contributed by atoms with Crippen LogP contribution in [0.1, 0.15) is 18.4 Å². The number of aryl methyl sites for hydroxylation is 1. The molecular formula is C16H20O3. The van der Waals surface area contributed by atoms with Gasteiger partial charge in [-0.1, -0.05) is 30.4 Å². The molecule has 0 aliphatic heterocycles. The fraction of sp³-hybridized carbons (Fsp3) is 0.375. The number of hydrogen-bond acceptors (Lipinski definition) is 3. The summed E-state index contributed by atoms with van der Waals surface area (Å²) in [6.07, 6.45) is 9.90. The summed E-state index contributed by atoms with van der Waals surface area (Å²) in [6, 6.07) is 5.87. The predicted octanol–water partition coefficient (Wildman–Crippen LogP) is 2.88. The van der Waals surface area contributed by atoms with E-state index in [1.165, 1.54) is 0 Å². The second-order valence-corrected chi connectivity index (χ2v) is 4.78. The average Bonchev–Trinajstić information content (AvgIpc) is 2.45. The minimum Gasteiger partial charge on any atom is -0.493 e. The Morgan fingerprint density at radius 2 is 1.95 bits per heavy atom. The van der Waals surface area contributed by atoms with Crippen LogP contribution >= 0.6 is 0 Å². The Kier molecular flexibility index (Phi) is 4.27. The van der Waals surface area contributed by atoms with Crippen LogP contribution in [0, 0.1) is 0 Å². The van der Waals surface area contributed by atoms with E-state index in [2.05, 4.69) is 0 Å². The zero-order chi connectivity index (χ0) is 13.7. The van der Waals surface area contributed by atoms with E-state index in [0.717, 1.165) is 23.5 Å². The molecule has 2 rings (SSSR count). The summed E-state index contributed by atoms with van der Waals surface area (Å²) in [5.74, 6) is 1.46. The average molecular weight is 260 g/mol. The minimum absolute atomic E-state index is 0.677. The third kappa shape index (κ3) is 3.38. The van der Waals surface area contributed by atoms with Crippen molar-refractivity contribution in [3.63, 3.8) is 0 Å². The van der Waals surface area contributed by atoms with Gasteiger partial charge in [-0.15, -0.1) is 0 Å². The number of allylic oxidation sites excluding steroid dienone is 2. The summed E-state index contributed by atoms with van der Waals surface area (Å²) in [5, 5.41) is 10.4. The maximum atomic E-state index is 10.4. The van der Waals surface area contributed by atoms with Crippen LogP contribution in [0.3, 0.4) is 0 Å². The molecule has 3 heteroatoms. The Bertz CT molecular complexity index is 491. The van der Waals surface area contributed by atoms with E-state index in [1.807, 2.05) is 42.5 Å². The van der Waals surface area contributed by atoms with Gasteiger partial charge in [-0.25, -0.2) is 0 Å². The van der Waals surface area contributed by atoms with Crippen molar-refractivity contribution in [2.24, 2.45) is 0 Å². The van der Waals surface area contributed by atoms with Crippen molar-refractivity contribution < 1.29 is 14.6 Å². The van der Waals surface area contributed by atoms with Gasteiger partial charge < -0.3 is 14.6 Å². The maximum absolute atomic E-state index is 10.4. The van der Waals surface area contributed by atoms with Crippen molar-refractivity contribution >= 4 is 0 Å². The quantitative estimate of drug-likeness (QED) is 0.884. The van der Waals surface area contributed by atoms with Gasteiger partial charge in [0.2, 0.25) is 0 Å². The largest absolute Gasteiger partial charge is 0.493 e. The Hall–Kier alpha value is -1.74. The van der Waals surface area contributed by atoms with E-state index in [1.54, 1.807) is 14.2 Å². The van der Waals surface area contributed by atoms with Crippen molar-refractivity contribution in [1.29, 1.82) is 0 Å². The molecule has 0 radical (unpaired) electrons. The molecule has 1 aliphatic carbocycles. The van der Waals surface area contributed by atoms with Crippen molar-refractivity contribution in [2.75, 3.05) is 14.2 Å². The maximum Gasteiger partial charge on any atom is 0.160 e. The first-order chi connectivity index (χ1) is 9.17. The van der Waals surface area contributed by atoms with Crippen molar-refractivity contribution in [3.8, 4) is 11.5 Å². The van der Waals surface area contributed by atoms with Crippen LogP contribution in [0.2, 0.25) is 0 Å². The second kappa shape index (κ2) is 5.93. The molecule has 0 aromatic heterocycles. The predicted molar refractivity (Wildman–Crippen MR) is 75.7 cm³/mol. The topological polar surface area (TPSA) is 38.7 Å². The fourth-order valence-electron chi connectivity index (χ4n) is 2.24. The van der Waals surface area contributed by atoms with Crippen molar-refractivity contribution in [3.05, 3.63) is 48.1 Å². The molecule has 1 N–H and O–H groups in total. The third-order valence-electron chi connectivity index (χ3n) is 3.42. The molecule has 0 amide bonds. The standard InChI is InChI=1S/C16H20O3/c1-18-14-7-6-13(12-15(14)19-2)8-11-16(17)9-4-3-5-10-16/h3-7,9,12,17H,8,10-11H2,1-2H3. The number of benzene rings is 1. The van der Waals surface area contributed by atoms with E-state index in [-0.39, 0.29) is 0 Å². The minimum atomic E-state index is -0.720. The fourth-order valence-corrected chi connectivity index (χ4v) is 2.24. The van der Waals surface area contributed by atoms with Crippen LogP contribution in [0.15, 0.2) is 42.5 Å². The van der Waals surface area contributed by atoms with Gasteiger partial charge in [-0.2, -0.15) is 0 Å². The van der Waals surface area contributed by atoms with Gasteiger partial charge in [0.05, 0.1) is 19.8 Å². The van der Waals surface area contributed by atoms with E-state index >= 15 is 0 Å². The molecule has 19 heavy (non-hydrogen) atoms. The van der Waals surface area contributed by atoms with Crippen LogP contribution in [0.25, 0.3) is 0 Å². The Balaban J connectivity index is 2.03. The Labute approximate surface area is 114 Å². The summed E-state index contributed by atoms with van der Waals surface area (Å²) in [6.45, 7) is 0. The molecule has 1 unspecified atom stereocenters. The summed E-state index contributed by atoms with van der Waals surface area (Å²) < 4.78 is 10.5. The lowest BCUT2D eigenvalue weighted by molar-refractivity contribution is 0.0838. The first kappa shape index (κ1) is 13.7. The number of ether oxygens (including phenoxy) is 2. The summed E-state index contributed by atoms with van der Waals surface area (Å²) in [7, 11) is 3.25. The number of rotatable bonds is 5. The monoisotopic (exact) mass is 260 g/mol. The van der Waals surface area contributed by atoms with Crippen molar-refractivity contribution in [1.82, 2.24) is 0 Å². The van der Waals surface area contributed by atoms with Crippen LogP contribution in [-0.4, -0.2) is 24.9 Å². The van der Waals surface area contributed by atoms with Crippen LogP contribution < -0.4 is 9.47 Å². The Morgan fingerprint density at radius 3 is 2.58 bits per heavy atom. The zero-order valence-corrected chi connectivity index (χ0v) is 11.4. The molecule has 1 atom stereocenters. The molecular weight excluding hydrogens is 240 g/mol. The first-order valence-corrected chi connectivity index (χ1v) is 6.44. The highest BCUT2D eigenvalue weighted by molar-refractivity contribution is 5.43. The smallest absolute Gasteiger partial charge is 0.160 e. The molecule has 0 heterocycles. The van der Waals surface area contributed by atoms with Crippen LogP contribution in [-0.2, 0) is 6.42 Å². The lowest BCUT2D eigenvalue weighted by Crippen LogP contribution is -2.26. The highest BCUT2D eigenvalue weighted by Crippen LogP contribution is 2.29. The van der Waals surface area contributed by atoms with E-state index in [9.17, 15) is 5.11 Å². The number of methoxy groups -OCH3 is 2. The second-order valence-electron chi connectivity index (χ2n) is 4.78. The summed E-state index contributed by atoms with van der Waals surface area (Å²) in [5.41, 5.74) is 0.413. The summed E-state index contributed by atoms with van der Waals surface area (Å²) in [4.78, 5) is 0. The van der Waals surface area contributed by atoms with Crippen LogP contribution in [0.5, 0.6) is 11.5 Å². The molecule has 0 fully saturated rings. The molecule has 0 spiro atoms. The van der Waals surface area contributed by atoms with Gasteiger partial charge in [0, 0.05) is 0 Å². The summed E-state index contributed by atoms with van der Waals surface area (Å²) >= 11 is 0. The molecule has 0 saturated carbocycles. The van der Waals surface area contributed by atoms with Gasteiger partial charge in [0.1, 0.15) is 0 Å². The third-order valence-corrected chi connectivity index (χ3v) is 3.42. The zero-order valence-electron chi connectivity index (χ0n) is 11.4.